The van der Waals surface area contributed by atoms with Crippen LogP contribution >= 0.6 is 11.3 Å². The van der Waals surface area contributed by atoms with Crippen molar-refractivity contribution in [1.29, 1.82) is 0 Å². The lowest BCUT2D eigenvalue weighted by molar-refractivity contribution is -0.193. The van der Waals surface area contributed by atoms with Crippen molar-refractivity contribution in [3.63, 3.8) is 0 Å². The van der Waals surface area contributed by atoms with Crippen molar-refractivity contribution >= 4 is 29.1 Å². The van der Waals surface area contributed by atoms with Crippen molar-refractivity contribution in [2.24, 2.45) is 5.92 Å². The zero-order valence-electron chi connectivity index (χ0n) is 21.6. The molecule has 17 heteroatoms. The number of carboxylic acid groups (broad SMARTS) is 2. The quantitative estimate of drug-likeness (QED) is 0.413. The molecule has 2 unspecified atom stereocenters. The Hall–Kier alpha value is -3.02. The summed E-state index contributed by atoms with van der Waals surface area (Å²) in [5.41, 5.74) is -0.266. The molecule has 230 valence electrons. The van der Waals surface area contributed by atoms with Gasteiger partial charge in [-0.15, -0.1) is 11.3 Å². The zero-order valence-corrected chi connectivity index (χ0v) is 22.4. The number of hydrogen-bond acceptors (Lipinski definition) is 8. The molecule has 0 radical (unpaired) electrons. The normalized spacial score (nSPS) is 21.2. The van der Waals surface area contributed by atoms with Crippen LogP contribution in [0.4, 0.5) is 36.6 Å². The van der Waals surface area contributed by atoms with Gasteiger partial charge in [0.1, 0.15) is 5.60 Å². The number of aliphatic carboxylic acids is 2. The average molecular weight is 620 g/mol. The fourth-order valence-electron chi connectivity index (χ4n) is 3.95. The second-order valence-corrected chi connectivity index (χ2v) is 10.5. The van der Waals surface area contributed by atoms with Crippen molar-refractivity contribution in [2.75, 3.05) is 44.8 Å². The van der Waals surface area contributed by atoms with Crippen LogP contribution in [0.1, 0.15) is 16.2 Å². The van der Waals surface area contributed by atoms with E-state index in [0.29, 0.717) is 31.5 Å². The van der Waals surface area contributed by atoms with Crippen LogP contribution < -0.4 is 5.32 Å². The maximum absolute atomic E-state index is 13.7. The zero-order chi connectivity index (χ0) is 30.8. The Morgan fingerprint density at radius 2 is 1.78 bits per heavy atom. The third-order valence-electron chi connectivity index (χ3n) is 5.69. The summed E-state index contributed by atoms with van der Waals surface area (Å²) in [6.07, 6.45) is -7.66. The molecule has 2 aliphatic heterocycles. The predicted molar refractivity (Wildman–Crippen MR) is 132 cm³/mol. The summed E-state index contributed by atoms with van der Waals surface area (Å²) < 4.78 is 89.3. The van der Waals surface area contributed by atoms with Gasteiger partial charge in [0.2, 0.25) is 0 Å². The monoisotopic (exact) mass is 619 g/mol. The highest BCUT2D eigenvalue weighted by atomic mass is 32.1. The highest BCUT2D eigenvalue weighted by molar-refractivity contribution is 7.11. The van der Waals surface area contributed by atoms with Crippen molar-refractivity contribution in [3.05, 3.63) is 46.0 Å². The van der Waals surface area contributed by atoms with Gasteiger partial charge in [-0.3, -0.25) is 4.90 Å². The van der Waals surface area contributed by atoms with Crippen LogP contribution in [0, 0.1) is 18.7 Å². The van der Waals surface area contributed by atoms with Crippen LogP contribution in [-0.2, 0) is 25.6 Å². The van der Waals surface area contributed by atoms with E-state index >= 15 is 0 Å². The van der Waals surface area contributed by atoms with Crippen molar-refractivity contribution < 1.29 is 60.0 Å². The van der Waals surface area contributed by atoms with Crippen LogP contribution in [0.2, 0.25) is 0 Å². The number of carbonyl (C=O) groups is 2. The number of thiophene rings is 1. The second-order valence-electron chi connectivity index (χ2n) is 9.16. The molecule has 2 saturated heterocycles. The first-order chi connectivity index (χ1) is 19.0. The van der Waals surface area contributed by atoms with Gasteiger partial charge in [0.15, 0.2) is 11.6 Å². The molecule has 9 nitrogen and oxygen atoms in total. The van der Waals surface area contributed by atoms with Crippen molar-refractivity contribution in [3.8, 4) is 0 Å². The number of hydrogen-bond donors (Lipinski definition) is 3. The van der Waals surface area contributed by atoms with E-state index in [0.717, 1.165) is 32.7 Å². The third-order valence-corrected chi connectivity index (χ3v) is 6.68. The molecule has 3 N–H and O–H groups in total. The Morgan fingerprint density at radius 1 is 1.15 bits per heavy atom. The summed E-state index contributed by atoms with van der Waals surface area (Å²) in [4.78, 5) is 27.0. The van der Waals surface area contributed by atoms with Gasteiger partial charge in [-0.25, -0.2) is 19.0 Å². The van der Waals surface area contributed by atoms with Crippen LogP contribution in [0.15, 0.2) is 30.5 Å². The molecule has 0 aromatic carbocycles. The van der Waals surface area contributed by atoms with E-state index in [1.807, 2.05) is 11.3 Å². The smallest absolute Gasteiger partial charge is 0.475 e. The van der Waals surface area contributed by atoms with Crippen LogP contribution in [0.5, 0.6) is 0 Å². The van der Waals surface area contributed by atoms with Gasteiger partial charge >= 0.3 is 24.3 Å². The van der Waals surface area contributed by atoms with Gasteiger partial charge in [0.25, 0.3) is 0 Å². The maximum atomic E-state index is 13.7. The first kappa shape index (κ1) is 34.2. The second kappa shape index (κ2) is 14.7. The Balaban J connectivity index is 0.000000349. The fraction of sp³-hybridized carbons (Fsp3) is 0.542. The minimum atomic E-state index is -5.08. The predicted octanol–water partition coefficient (Wildman–Crippen LogP) is 4.58. The third kappa shape index (κ3) is 11.8. The summed E-state index contributed by atoms with van der Waals surface area (Å²) in [6, 6.07) is 7.41. The average Bonchev–Trinajstić information content (AvgIpc) is 3.40. The lowest BCUT2D eigenvalue weighted by Crippen LogP contribution is -2.43. The van der Waals surface area contributed by atoms with Gasteiger partial charge < -0.3 is 25.0 Å². The van der Waals surface area contributed by atoms with E-state index in [1.54, 1.807) is 12.3 Å². The number of anilines is 1. The lowest BCUT2D eigenvalue weighted by Gasteiger charge is -2.31. The highest BCUT2D eigenvalue weighted by Crippen LogP contribution is 2.33. The Kier molecular flexibility index (Phi) is 12.3. The van der Waals surface area contributed by atoms with Crippen LogP contribution in [-0.4, -0.2) is 89.4 Å². The number of aryl methyl sites for hydroxylation is 1. The van der Waals surface area contributed by atoms with E-state index in [2.05, 4.69) is 34.3 Å². The number of rotatable bonds is 5. The fourth-order valence-corrected chi connectivity index (χ4v) is 4.88. The van der Waals surface area contributed by atoms with E-state index in [-0.39, 0.29) is 11.4 Å². The molecule has 2 fully saturated rings. The SMILES string of the molecule is Cc1ccc(CN2CCOCC3(CC(CNc4ncccc4F)CO3)C2)s1.O=C(O)C(F)(F)F.O=C(O)C(F)(F)F. The molecule has 2 aromatic heterocycles. The van der Waals surface area contributed by atoms with E-state index in [9.17, 15) is 30.7 Å². The van der Waals surface area contributed by atoms with Crippen molar-refractivity contribution in [1.82, 2.24) is 9.88 Å². The molecule has 4 rings (SSSR count). The number of alkyl halides is 6. The summed E-state index contributed by atoms with van der Waals surface area (Å²) in [7, 11) is 0. The summed E-state index contributed by atoms with van der Waals surface area (Å²) >= 11 is 1.85. The van der Waals surface area contributed by atoms with Gasteiger partial charge in [-0.05, 0) is 37.6 Å². The van der Waals surface area contributed by atoms with Crippen LogP contribution in [0.3, 0.4) is 0 Å². The largest absolute Gasteiger partial charge is 0.490 e. The lowest BCUT2D eigenvalue weighted by atomic mass is 9.94. The maximum Gasteiger partial charge on any atom is 0.490 e. The van der Waals surface area contributed by atoms with Gasteiger partial charge in [-0.2, -0.15) is 26.3 Å². The number of nitrogens with zero attached hydrogens (tertiary/aromatic N) is 2. The minimum Gasteiger partial charge on any atom is -0.475 e. The number of ether oxygens (including phenoxy) is 2. The molecule has 1 spiro atoms. The molecular formula is C24H28F7N3O6S. The number of pyridine rings is 1. The Labute approximate surface area is 233 Å². The Morgan fingerprint density at radius 3 is 2.32 bits per heavy atom. The molecular weight excluding hydrogens is 591 g/mol. The number of nitrogens with one attached hydrogen (secondary N) is 1. The summed E-state index contributed by atoms with van der Waals surface area (Å²) in [5, 5.41) is 17.4. The molecule has 2 atom stereocenters. The summed E-state index contributed by atoms with van der Waals surface area (Å²) in [5.74, 6) is -5.20. The van der Waals surface area contributed by atoms with Gasteiger partial charge in [0, 0.05) is 48.0 Å². The van der Waals surface area contributed by atoms with E-state index < -0.39 is 24.3 Å². The first-order valence-electron chi connectivity index (χ1n) is 11.9. The van der Waals surface area contributed by atoms with Crippen molar-refractivity contribution in [2.45, 2.75) is 37.8 Å². The topological polar surface area (TPSA) is 121 Å². The van der Waals surface area contributed by atoms with Crippen LogP contribution in [0.25, 0.3) is 0 Å². The Bertz CT molecular complexity index is 1120. The minimum absolute atomic E-state index is 0.266. The standard InChI is InChI=1S/C20H26FN3O2S.2C2HF3O2/c1-15-4-5-17(27-15)11-24-7-8-25-14-20(13-24)9-16(12-26-20)10-23-19-18(21)3-2-6-22-19;2*3-2(4,5)1(6)7/h2-6,16H,7-14H2,1H3,(H,22,23);2*(H,6,7). The molecule has 0 saturated carbocycles. The molecule has 4 heterocycles. The first-order valence-corrected chi connectivity index (χ1v) is 12.8. The highest BCUT2D eigenvalue weighted by Gasteiger charge is 2.43. The van der Waals surface area contributed by atoms with E-state index in [4.69, 9.17) is 29.3 Å². The molecule has 0 amide bonds. The molecule has 2 aliphatic rings. The van der Waals surface area contributed by atoms with E-state index in [1.165, 1.54) is 15.8 Å². The molecule has 0 aliphatic carbocycles. The molecule has 41 heavy (non-hydrogen) atoms. The molecule has 2 aromatic rings. The number of aromatic nitrogens is 1. The van der Waals surface area contributed by atoms with Gasteiger partial charge in [-0.1, -0.05) is 0 Å². The molecule has 0 bridgehead atoms. The van der Waals surface area contributed by atoms with Gasteiger partial charge in [0.05, 0.1) is 19.8 Å². The number of halogens is 7. The summed E-state index contributed by atoms with van der Waals surface area (Å²) in [6.45, 7) is 7.55. The number of carboxylic acids is 2.